The summed E-state index contributed by atoms with van der Waals surface area (Å²) in [5, 5.41) is 18.7. The summed E-state index contributed by atoms with van der Waals surface area (Å²) in [6, 6.07) is 7.03. The molecule has 1 aliphatic carbocycles. The van der Waals surface area contributed by atoms with Crippen molar-refractivity contribution in [3.63, 3.8) is 0 Å². The quantitative estimate of drug-likeness (QED) is 0.827. The van der Waals surface area contributed by atoms with Gasteiger partial charge in [0.05, 0.1) is 11.7 Å². The van der Waals surface area contributed by atoms with Gasteiger partial charge < -0.3 is 19.5 Å². The van der Waals surface area contributed by atoms with E-state index >= 15 is 0 Å². The standard InChI is InChI=1S/C16H23BO4/c18-17(19)14-6-2-3-7-15(14)20-12-13-8-11-16(21-13)9-4-1-5-10-16/h2-3,6-7,13,18-19H,1,4-5,8-12H2. The monoisotopic (exact) mass is 290 g/mol. The van der Waals surface area contributed by atoms with Crippen molar-refractivity contribution in [2.75, 3.05) is 6.61 Å². The Labute approximate surface area is 126 Å². The molecule has 1 aromatic carbocycles. The van der Waals surface area contributed by atoms with Gasteiger partial charge in [-0.15, -0.1) is 0 Å². The molecule has 1 aromatic rings. The summed E-state index contributed by atoms with van der Waals surface area (Å²) < 4.78 is 12.0. The Morgan fingerprint density at radius 2 is 1.90 bits per heavy atom. The minimum Gasteiger partial charge on any atom is -0.491 e. The molecule has 0 radical (unpaired) electrons. The molecule has 5 heteroatoms. The molecule has 1 aliphatic heterocycles. The summed E-state index contributed by atoms with van der Waals surface area (Å²) >= 11 is 0. The molecule has 2 fully saturated rings. The van der Waals surface area contributed by atoms with E-state index in [1.165, 1.54) is 32.1 Å². The van der Waals surface area contributed by atoms with Gasteiger partial charge in [-0.1, -0.05) is 37.5 Å². The second kappa shape index (κ2) is 6.38. The summed E-state index contributed by atoms with van der Waals surface area (Å²) in [7, 11) is -1.50. The Morgan fingerprint density at radius 1 is 1.14 bits per heavy atom. The van der Waals surface area contributed by atoms with Crippen molar-refractivity contribution in [2.45, 2.75) is 56.7 Å². The molecule has 0 amide bonds. The zero-order valence-electron chi connectivity index (χ0n) is 12.3. The highest BCUT2D eigenvalue weighted by atomic mass is 16.6. The van der Waals surface area contributed by atoms with Crippen LogP contribution in [0.3, 0.4) is 0 Å². The largest absolute Gasteiger partial charge is 0.492 e. The SMILES string of the molecule is OB(O)c1ccccc1OCC1CCC2(CCCCC2)O1. The topological polar surface area (TPSA) is 58.9 Å². The first-order valence-corrected chi connectivity index (χ1v) is 7.94. The molecule has 1 saturated carbocycles. The number of hydrogen-bond donors (Lipinski definition) is 2. The normalized spacial score (nSPS) is 24.2. The van der Waals surface area contributed by atoms with Crippen molar-refractivity contribution in [1.29, 1.82) is 0 Å². The summed E-state index contributed by atoms with van der Waals surface area (Å²) in [4.78, 5) is 0. The maximum atomic E-state index is 9.34. The van der Waals surface area contributed by atoms with Gasteiger partial charge in [0.1, 0.15) is 12.4 Å². The van der Waals surface area contributed by atoms with E-state index in [0.29, 0.717) is 17.8 Å². The summed E-state index contributed by atoms with van der Waals surface area (Å²) in [6.07, 6.45) is 8.50. The van der Waals surface area contributed by atoms with Crippen molar-refractivity contribution in [3.8, 4) is 5.75 Å². The lowest BCUT2D eigenvalue weighted by Gasteiger charge is -2.33. The van der Waals surface area contributed by atoms with Crippen LogP contribution in [0, 0.1) is 0 Å². The highest BCUT2D eigenvalue weighted by molar-refractivity contribution is 6.59. The third-order valence-corrected chi connectivity index (χ3v) is 4.73. The van der Waals surface area contributed by atoms with E-state index in [1.807, 2.05) is 6.07 Å². The van der Waals surface area contributed by atoms with Crippen molar-refractivity contribution >= 4 is 12.6 Å². The van der Waals surface area contributed by atoms with Gasteiger partial charge in [-0.05, 0) is 31.7 Å². The first-order chi connectivity index (χ1) is 10.2. The van der Waals surface area contributed by atoms with Gasteiger partial charge in [-0.2, -0.15) is 0 Å². The molecule has 1 saturated heterocycles. The van der Waals surface area contributed by atoms with Crippen molar-refractivity contribution in [2.24, 2.45) is 0 Å². The van der Waals surface area contributed by atoms with Crippen LogP contribution in [0.4, 0.5) is 0 Å². The lowest BCUT2D eigenvalue weighted by Crippen LogP contribution is -2.34. The van der Waals surface area contributed by atoms with Gasteiger partial charge >= 0.3 is 7.12 Å². The molecule has 21 heavy (non-hydrogen) atoms. The molecular formula is C16H23BO4. The molecule has 1 unspecified atom stereocenters. The average molecular weight is 290 g/mol. The van der Waals surface area contributed by atoms with E-state index in [-0.39, 0.29) is 11.7 Å². The summed E-state index contributed by atoms with van der Waals surface area (Å²) in [6.45, 7) is 0.478. The third kappa shape index (κ3) is 3.42. The van der Waals surface area contributed by atoms with Crippen LogP contribution in [0.15, 0.2) is 24.3 Å². The predicted octanol–water partition coefficient (Wildman–Crippen LogP) is 1.63. The predicted molar refractivity (Wildman–Crippen MR) is 81.7 cm³/mol. The zero-order valence-corrected chi connectivity index (χ0v) is 12.3. The molecule has 1 spiro atoms. The Morgan fingerprint density at radius 3 is 2.67 bits per heavy atom. The number of para-hydroxylation sites is 1. The minimum absolute atomic E-state index is 0.0995. The number of rotatable bonds is 4. The highest BCUT2D eigenvalue weighted by Crippen LogP contribution is 2.41. The molecule has 2 N–H and O–H groups in total. The molecule has 0 bridgehead atoms. The van der Waals surface area contributed by atoms with Crippen LogP contribution in [-0.4, -0.2) is 35.5 Å². The molecule has 4 nitrogen and oxygen atoms in total. The van der Waals surface area contributed by atoms with E-state index in [1.54, 1.807) is 18.2 Å². The van der Waals surface area contributed by atoms with Crippen LogP contribution in [0.25, 0.3) is 0 Å². The second-order valence-corrected chi connectivity index (χ2v) is 6.24. The molecule has 3 rings (SSSR count). The Balaban J connectivity index is 1.57. The Hall–Kier alpha value is -1.04. The number of ether oxygens (including phenoxy) is 2. The number of benzene rings is 1. The van der Waals surface area contributed by atoms with Crippen LogP contribution < -0.4 is 10.2 Å². The molecule has 1 atom stereocenters. The van der Waals surface area contributed by atoms with E-state index in [4.69, 9.17) is 9.47 Å². The number of hydrogen-bond acceptors (Lipinski definition) is 4. The van der Waals surface area contributed by atoms with Gasteiger partial charge in [0.2, 0.25) is 0 Å². The van der Waals surface area contributed by atoms with Crippen LogP contribution in [-0.2, 0) is 4.74 Å². The molecule has 2 aliphatic rings. The molecule has 0 aromatic heterocycles. The van der Waals surface area contributed by atoms with Gasteiger partial charge in [0.15, 0.2) is 0 Å². The maximum absolute atomic E-state index is 9.34. The maximum Gasteiger partial charge on any atom is 0.492 e. The Kier molecular flexibility index (Phi) is 4.52. The highest BCUT2D eigenvalue weighted by Gasteiger charge is 2.41. The first-order valence-electron chi connectivity index (χ1n) is 7.94. The lowest BCUT2D eigenvalue weighted by atomic mass is 9.79. The van der Waals surface area contributed by atoms with Crippen LogP contribution in [0.1, 0.15) is 44.9 Å². The minimum atomic E-state index is -1.50. The van der Waals surface area contributed by atoms with Crippen molar-refractivity contribution < 1.29 is 19.5 Å². The van der Waals surface area contributed by atoms with Crippen molar-refractivity contribution in [1.82, 2.24) is 0 Å². The van der Waals surface area contributed by atoms with Crippen LogP contribution in [0.2, 0.25) is 0 Å². The van der Waals surface area contributed by atoms with Gasteiger partial charge in [0.25, 0.3) is 0 Å². The first kappa shape index (κ1) is 14.9. The second-order valence-electron chi connectivity index (χ2n) is 6.24. The lowest BCUT2D eigenvalue weighted by molar-refractivity contribution is -0.0748. The fraction of sp³-hybridized carbons (Fsp3) is 0.625. The average Bonchev–Trinajstić information content (AvgIpc) is 2.89. The third-order valence-electron chi connectivity index (χ3n) is 4.73. The zero-order chi connectivity index (χ0) is 14.7. The smallest absolute Gasteiger partial charge is 0.491 e. The van der Waals surface area contributed by atoms with E-state index in [2.05, 4.69) is 0 Å². The van der Waals surface area contributed by atoms with Crippen molar-refractivity contribution in [3.05, 3.63) is 24.3 Å². The van der Waals surface area contributed by atoms with Gasteiger partial charge in [-0.3, -0.25) is 0 Å². The fourth-order valence-electron chi connectivity index (χ4n) is 3.58. The fourth-order valence-corrected chi connectivity index (χ4v) is 3.58. The molecular weight excluding hydrogens is 267 g/mol. The van der Waals surface area contributed by atoms with E-state index in [9.17, 15) is 10.0 Å². The van der Waals surface area contributed by atoms with Crippen LogP contribution >= 0.6 is 0 Å². The summed E-state index contributed by atoms with van der Waals surface area (Å²) in [5.41, 5.74) is 0.505. The summed E-state index contributed by atoms with van der Waals surface area (Å²) in [5.74, 6) is 0.528. The van der Waals surface area contributed by atoms with E-state index < -0.39 is 7.12 Å². The molecule has 114 valence electrons. The van der Waals surface area contributed by atoms with Gasteiger partial charge in [0, 0.05) is 5.46 Å². The molecule has 1 heterocycles. The van der Waals surface area contributed by atoms with Gasteiger partial charge in [-0.25, -0.2) is 0 Å². The van der Waals surface area contributed by atoms with Crippen LogP contribution in [0.5, 0.6) is 5.75 Å². The van der Waals surface area contributed by atoms with E-state index in [0.717, 1.165) is 12.8 Å². The Bertz CT molecular complexity index is 471.